The molecule has 5 heterocycles. The van der Waals surface area contributed by atoms with E-state index in [0.29, 0.717) is 41.5 Å². The van der Waals surface area contributed by atoms with Crippen LogP contribution >= 0.6 is 11.6 Å². The van der Waals surface area contributed by atoms with Crippen molar-refractivity contribution in [3.05, 3.63) is 53.4 Å². The van der Waals surface area contributed by atoms with Gasteiger partial charge >= 0.3 is 12.1 Å². The number of amides is 1. The van der Waals surface area contributed by atoms with Crippen LogP contribution in [-0.4, -0.2) is 106 Å². The van der Waals surface area contributed by atoms with Gasteiger partial charge in [-0.3, -0.25) is 9.88 Å². The Hall–Kier alpha value is -3.80. The first-order valence-electron chi connectivity index (χ1n) is 18.0. The molecule has 10 nitrogen and oxygen atoms in total. The Labute approximate surface area is 297 Å². The number of pyridine rings is 1. The normalized spacial score (nSPS) is 23.1. The van der Waals surface area contributed by atoms with Gasteiger partial charge in [-0.2, -0.15) is 9.97 Å². The summed E-state index contributed by atoms with van der Waals surface area (Å²) in [7, 11) is 4.20. The van der Waals surface area contributed by atoms with E-state index in [0.717, 1.165) is 81.8 Å². The first-order valence-corrected chi connectivity index (χ1v) is 18.4. The van der Waals surface area contributed by atoms with Crippen molar-refractivity contribution in [2.24, 2.45) is 0 Å². The van der Waals surface area contributed by atoms with Gasteiger partial charge in [0.1, 0.15) is 30.2 Å². The molecule has 1 aliphatic carbocycles. The van der Waals surface area contributed by atoms with Crippen LogP contribution in [0.4, 0.5) is 15.0 Å². The number of aromatic nitrogens is 3. The molecule has 2 aromatic carbocycles. The third-order valence-corrected chi connectivity index (χ3v) is 12.2. The fraction of sp³-hybridized carbons (Fsp3) is 0.526. The van der Waals surface area contributed by atoms with Gasteiger partial charge in [-0.15, -0.1) is 0 Å². The van der Waals surface area contributed by atoms with Gasteiger partial charge in [-0.1, -0.05) is 41.9 Å². The molecule has 264 valence electrons. The Morgan fingerprint density at radius 1 is 1.04 bits per heavy atom. The average molecular weight is 702 g/mol. The number of carbonyl (C=O) groups is 1. The molecular weight excluding hydrogens is 657 g/mol. The van der Waals surface area contributed by atoms with Crippen molar-refractivity contribution in [2.45, 2.75) is 74.9 Å². The SMILES string of the molecule is CN(C)C1(CNc2nc(OC[C@]34CCCN3[C@@H](COC(=O)N3CCCC3)CC4)nc3c(F)c(-c4cccc5cccc(Cl)c45)ncc23)CCC1. The molecule has 0 bridgehead atoms. The number of fused-ring (bicyclic) bond motifs is 3. The van der Waals surface area contributed by atoms with Crippen molar-refractivity contribution in [3.8, 4) is 17.3 Å². The second kappa shape index (κ2) is 13.4. The zero-order valence-corrected chi connectivity index (χ0v) is 29.6. The minimum absolute atomic E-state index is 0.00428. The van der Waals surface area contributed by atoms with Crippen molar-refractivity contribution in [3.63, 3.8) is 0 Å². The molecule has 12 heteroatoms. The van der Waals surface area contributed by atoms with Crippen molar-refractivity contribution < 1.29 is 18.7 Å². The first kappa shape index (κ1) is 33.3. The van der Waals surface area contributed by atoms with Crippen molar-refractivity contribution in [2.75, 3.05) is 58.8 Å². The molecule has 0 radical (unpaired) electrons. The number of nitrogens with zero attached hydrogens (tertiary/aromatic N) is 6. The van der Waals surface area contributed by atoms with Crippen LogP contribution in [0.2, 0.25) is 5.02 Å². The lowest BCUT2D eigenvalue weighted by Crippen LogP contribution is -2.54. The third kappa shape index (κ3) is 5.90. The number of hydrogen-bond acceptors (Lipinski definition) is 9. The number of carbonyl (C=O) groups excluding carboxylic acids is 1. The summed E-state index contributed by atoms with van der Waals surface area (Å²) >= 11 is 6.64. The molecule has 4 fully saturated rings. The molecule has 1 N–H and O–H groups in total. The second-order valence-electron chi connectivity index (χ2n) is 14.8. The highest BCUT2D eigenvalue weighted by Crippen LogP contribution is 2.43. The fourth-order valence-electron chi connectivity index (χ4n) is 8.68. The predicted octanol–water partition coefficient (Wildman–Crippen LogP) is 7.14. The Morgan fingerprint density at radius 2 is 1.84 bits per heavy atom. The largest absolute Gasteiger partial charge is 0.461 e. The Balaban J connectivity index is 1.09. The van der Waals surface area contributed by atoms with Crippen LogP contribution in [0.1, 0.15) is 57.8 Å². The molecule has 2 atom stereocenters. The Bertz CT molecular complexity index is 1910. The van der Waals surface area contributed by atoms with E-state index in [1.165, 1.54) is 6.42 Å². The summed E-state index contributed by atoms with van der Waals surface area (Å²) in [4.78, 5) is 33.3. The maximum Gasteiger partial charge on any atom is 0.409 e. The van der Waals surface area contributed by atoms with Gasteiger partial charge in [-0.25, -0.2) is 9.18 Å². The third-order valence-electron chi connectivity index (χ3n) is 11.9. The fourth-order valence-corrected chi connectivity index (χ4v) is 8.96. The highest BCUT2D eigenvalue weighted by Gasteiger charge is 2.50. The van der Waals surface area contributed by atoms with Gasteiger partial charge in [0, 0.05) is 53.4 Å². The number of likely N-dealkylation sites (N-methyl/N-ethyl adjacent to an activating group) is 1. The quantitative estimate of drug-likeness (QED) is 0.185. The molecule has 1 saturated carbocycles. The number of ether oxygens (including phenoxy) is 2. The Kier molecular flexibility index (Phi) is 8.93. The summed E-state index contributed by atoms with van der Waals surface area (Å²) in [6.45, 7) is 3.88. The van der Waals surface area contributed by atoms with Gasteiger partial charge in [0.25, 0.3) is 0 Å². The van der Waals surface area contributed by atoms with Gasteiger partial charge in [0.2, 0.25) is 0 Å². The average Bonchev–Trinajstić information content (AvgIpc) is 3.85. The van der Waals surface area contributed by atoms with Gasteiger partial charge < -0.3 is 24.6 Å². The van der Waals surface area contributed by atoms with Gasteiger partial charge in [0.05, 0.1) is 10.9 Å². The summed E-state index contributed by atoms with van der Waals surface area (Å²) in [5.74, 6) is -0.0384. The lowest BCUT2D eigenvalue weighted by atomic mass is 9.75. The van der Waals surface area contributed by atoms with Gasteiger partial charge in [0.15, 0.2) is 5.82 Å². The molecule has 0 spiro atoms. The minimum atomic E-state index is -0.544. The molecule has 0 unspecified atom stereocenters. The first-order chi connectivity index (χ1) is 24.3. The number of halogens is 2. The van der Waals surface area contributed by atoms with E-state index in [2.05, 4.69) is 34.2 Å². The van der Waals surface area contributed by atoms with E-state index in [9.17, 15) is 4.79 Å². The summed E-state index contributed by atoms with van der Waals surface area (Å²) in [6, 6.07) is 11.6. The number of nitrogens with one attached hydrogen (secondary N) is 1. The van der Waals surface area contributed by atoms with Crippen LogP contribution in [0.3, 0.4) is 0 Å². The Morgan fingerprint density at radius 3 is 2.60 bits per heavy atom. The van der Waals surface area contributed by atoms with Crippen molar-refractivity contribution >= 4 is 45.2 Å². The monoisotopic (exact) mass is 701 g/mol. The molecule has 8 rings (SSSR count). The van der Waals surface area contributed by atoms with E-state index < -0.39 is 5.82 Å². The van der Waals surface area contributed by atoms with Crippen molar-refractivity contribution in [1.29, 1.82) is 0 Å². The summed E-state index contributed by atoms with van der Waals surface area (Å²) in [6.07, 6.45) is 10.7. The van der Waals surface area contributed by atoms with E-state index >= 15 is 4.39 Å². The van der Waals surface area contributed by atoms with Gasteiger partial charge in [-0.05, 0) is 89.9 Å². The van der Waals surface area contributed by atoms with Crippen LogP contribution in [0.5, 0.6) is 6.01 Å². The molecule has 3 aliphatic heterocycles. The standard InChI is InChI=1S/C38H45ClFN7O3/c1-45(2)37(14-7-15-37)23-42-34-28-21-41-32(27-11-5-9-25-10-6-12-29(39)30(25)27)31(40)33(28)43-35(44-34)50-24-38-16-8-20-47(38)26(13-17-38)22-49-36(48)46-18-3-4-19-46/h5-6,9-12,21,26H,3-4,7-8,13-20,22-24H2,1-2H3,(H,42,43,44)/t26-,38-/m1/s1. The molecule has 2 aromatic heterocycles. The van der Waals surface area contributed by atoms with Crippen LogP contribution in [0.15, 0.2) is 42.6 Å². The molecule has 4 aliphatic rings. The van der Waals surface area contributed by atoms with Crippen molar-refractivity contribution in [1.82, 2.24) is 29.7 Å². The van der Waals surface area contributed by atoms with Crippen LogP contribution in [0, 0.1) is 5.82 Å². The molecule has 1 amide bonds. The van der Waals surface area contributed by atoms with Crippen LogP contribution < -0.4 is 10.1 Å². The molecule has 3 saturated heterocycles. The maximum atomic E-state index is 16.8. The highest BCUT2D eigenvalue weighted by molar-refractivity contribution is 6.36. The summed E-state index contributed by atoms with van der Waals surface area (Å²) in [5.41, 5.74) is 0.729. The lowest BCUT2D eigenvalue weighted by Gasteiger charge is -2.47. The minimum Gasteiger partial charge on any atom is -0.461 e. The summed E-state index contributed by atoms with van der Waals surface area (Å²) in [5, 5.41) is 6.22. The number of anilines is 1. The molecule has 50 heavy (non-hydrogen) atoms. The van der Waals surface area contributed by atoms with Crippen LogP contribution in [0.25, 0.3) is 32.9 Å². The second-order valence-corrected chi connectivity index (χ2v) is 15.2. The number of hydrogen-bond donors (Lipinski definition) is 1. The number of benzene rings is 2. The van der Waals surface area contributed by atoms with Crippen LogP contribution in [-0.2, 0) is 4.74 Å². The lowest BCUT2D eigenvalue weighted by molar-refractivity contribution is 0.0463. The number of rotatable bonds is 10. The van der Waals surface area contributed by atoms with E-state index in [1.807, 2.05) is 30.3 Å². The smallest absolute Gasteiger partial charge is 0.409 e. The zero-order valence-electron chi connectivity index (χ0n) is 28.9. The highest BCUT2D eigenvalue weighted by atomic mass is 35.5. The van der Waals surface area contributed by atoms with E-state index in [1.54, 1.807) is 17.2 Å². The molecule has 4 aromatic rings. The van der Waals surface area contributed by atoms with E-state index in [-0.39, 0.29) is 40.4 Å². The number of likely N-dealkylation sites (tertiary alicyclic amines) is 1. The predicted molar refractivity (Wildman–Crippen MR) is 193 cm³/mol. The van der Waals surface area contributed by atoms with E-state index in [4.69, 9.17) is 31.0 Å². The molecular formula is C38H45ClFN7O3. The maximum absolute atomic E-state index is 16.8. The summed E-state index contributed by atoms with van der Waals surface area (Å²) < 4.78 is 29.0. The zero-order chi connectivity index (χ0) is 34.5. The topological polar surface area (TPSA) is 96.0 Å².